The lowest BCUT2D eigenvalue weighted by molar-refractivity contribution is 0.306. The number of benzene rings is 1. The summed E-state index contributed by atoms with van der Waals surface area (Å²) in [7, 11) is -1.65. The highest BCUT2D eigenvalue weighted by atomic mass is 35.5. The minimum Gasteiger partial charge on any atom is -0.199 e. The van der Waals surface area contributed by atoms with E-state index in [1.807, 2.05) is 24.3 Å². The van der Waals surface area contributed by atoms with Gasteiger partial charge in [0.2, 0.25) is 0 Å². The summed E-state index contributed by atoms with van der Waals surface area (Å²) in [5.41, 5.74) is 1.24. The molecule has 1 aromatic carbocycles. The monoisotopic (exact) mass is 342 g/mol. The Morgan fingerprint density at radius 3 is 2.32 bits per heavy atom. The van der Waals surface area contributed by atoms with Crippen molar-refractivity contribution >= 4 is 21.8 Å². The zero-order valence-corrected chi connectivity index (χ0v) is 14.4. The average Bonchev–Trinajstić information content (AvgIpc) is 2.97. The Morgan fingerprint density at radius 2 is 1.73 bits per heavy atom. The van der Waals surface area contributed by atoms with E-state index in [9.17, 15) is 8.42 Å². The first-order valence-corrected chi connectivity index (χ1v) is 9.78. The fourth-order valence-electron chi connectivity index (χ4n) is 3.48. The van der Waals surface area contributed by atoms with Gasteiger partial charge in [-0.1, -0.05) is 36.6 Å². The molecule has 0 amide bonds. The molecule has 4 nitrogen and oxygen atoms in total. The molecule has 0 aromatic heterocycles. The van der Waals surface area contributed by atoms with E-state index >= 15 is 0 Å². The summed E-state index contributed by atoms with van der Waals surface area (Å²) < 4.78 is 29.2. The van der Waals surface area contributed by atoms with E-state index in [-0.39, 0.29) is 12.1 Å². The molecule has 2 saturated carbocycles. The second-order valence-electron chi connectivity index (χ2n) is 6.49. The Hall–Kier alpha value is -0.620. The van der Waals surface area contributed by atoms with E-state index in [4.69, 9.17) is 11.6 Å². The number of nitrogens with zero attached hydrogens (tertiary/aromatic N) is 1. The Morgan fingerprint density at radius 1 is 1.14 bits per heavy atom. The molecule has 0 atom stereocenters. The summed E-state index contributed by atoms with van der Waals surface area (Å²) in [6.07, 6.45) is 5.95. The molecule has 0 bridgehead atoms. The van der Waals surface area contributed by atoms with Crippen LogP contribution in [0.15, 0.2) is 24.3 Å². The van der Waals surface area contributed by atoms with Gasteiger partial charge in [-0.25, -0.2) is 0 Å². The second-order valence-corrected chi connectivity index (χ2v) is 8.69. The fraction of sp³-hybridized carbons (Fsp3) is 0.625. The summed E-state index contributed by atoms with van der Waals surface area (Å²) in [5, 5.41) is 0.735. The van der Waals surface area contributed by atoms with Gasteiger partial charge in [0.25, 0.3) is 10.2 Å². The summed E-state index contributed by atoms with van der Waals surface area (Å²) in [6, 6.07) is 8.06. The third-order valence-electron chi connectivity index (χ3n) is 5.01. The van der Waals surface area contributed by atoms with Crippen LogP contribution in [0.25, 0.3) is 0 Å². The summed E-state index contributed by atoms with van der Waals surface area (Å²) in [5.74, 6) is 0.432. The van der Waals surface area contributed by atoms with E-state index < -0.39 is 10.2 Å². The van der Waals surface area contributed by atoms with Crippen LogP contribution in [0.3, 0.4) is 0 Å². The SMILES string of the molecule is CN(C1CCCC1)S(=O)(=O)NC1CC(c2ccc(Cl)cc2)C1. The molecular formula is C16H23ClN2O2S. The quantitative estimate of drug-likeness (QED) is 0.892. The number of halogens is 1. The molecule has 0 radical (unpaired) electrons. The van der Waals surface area contributed by atoms with Gasteiger partial charge in [0.1, 0.15) is 0 Å². The van der Waals surface area contributed by atoms with Crippen LogP contribution in [0.2, 0.25) is 5.02 Å². The first-order valence-electron chi connectivity index (χ1n) is 7.96. The Labute approximate surface area is 138 Å². The van der Waals surface area contributed by atoms with Crippen molar-refractivity contribution in [3.05, 3.63) is 34.9 Å². The molecule has 0 saturated heterocycles. The highest BCUT2D eigenvalue weighted by molar-refractivity contribution is 7.87. The molecule has 3 rings (SSSR count). The topological polar surface area (TPSA) is 49.4 Å². The van der Waals surface area contributed by atoms with Gasteiger partial charge in [-0.05, 0) is 49.3 Å². The predicted molar refractivity (Wildman–Crippen MR) is 89.3 cm³/mol. The van der Waals surface area contributed by atoms with Crippen molar-refractivity contribution in [2.45, 2.75) is 56.5 Å². The van der Waals surface area contributed by atoms with Crippen molar-refractivity contribution in [3.8, 4) is 0 Å². The standard InChI is InChI=1S/C16H23ClN2O2S/c1-19(16-4-2-3-5-16)22(20,21)18-15-10-13(11-15)12-6-8-14(17)9-7-12/h6-9,13,15-16,18H,2-5,10-11H2,1H3. The molecule has 0 heterocycles. The molecule has 1 N–H and O–H groups in total. The van der Waals surface area contributed by atoms with Crippen LogP contribution in [-0.2, 0) is 10.2 Å². The number of hydrogen-bond donors (Lipinski definition) is 1. The van der Waals surface area contributed by atoms with Crippen molar-refractivity contribution in [1.29, 1.82) is 0 Å². The van der Waals surface area contributed by atoms with Gasteiger partial charge in [0, 0.05) is 24.2 Å². The predicted octanol–water partition coefficient (Wildman–Crippen LogP) is 3.29. The lowest BCUT2D eigenvalue weighted by Gasteiger charge is -2.37. The molecule has 2 aliphatic rings. The molecule has 2 fully saturated rings. The van der Waals surface area contributed by atoms with Gasteiger partial charge >= 0.3 is 0 Å². The van der Waals surface area contributed by atoms with Crippen LogP contribution in [-0.4, -0.2) is 31.9 Å². The highest BCUT2D eigenvalue weighted by Crippen LogP contribution is 2.37. The van der Waals surface area contributed by atoms with Crippen molar-refractivity contribution in [2.24, 2.45) is 0 Å². The second kappa shape index (κ2) is 6.48. The fourth-order valence-corrected chi connectivity index (χ4v) is 4.99. The van der Waals surface area contributed by atoms with E-state index in [1.165, 1.54) is 9.87 Å². The lowest BCUT2D eigenvalue weighted by atomic mass is 9.76. The maximum absolute atomic E-state index is 12.4. The zero-order valence-electron chi connectivity index (χ0n) is 12.8. The number of rotatable bonds is 5. The first kappa shape index (κ1) is 16.2. The van der Waals surface area contributed by atoms with Crippen LogP contribution in [0, 0.1) is 0 Å². The molecule has 0 aliphatic heterocycles. The van der Waals surface area contributed by atoms with Gasteiger partial charge in [-0.3, -0.25) is 0 Å². The maximum atomic E-state index is 12.4. The third-order valence-corrected chi connectivity index (χ3v) is 6.95. The van der Waals surface area contributed by atoms with Crippen molar-refractivity contribution < 1.29 is 8.42 Å². The summed E-state index contributed by atoms with van der Waals surface area (Å²) >= 11 is 5.89. The molecule has 1 aromatic rings. The molecule has 0 spiro atoms. The van der Waals surface area contributed by atoms with Crippen molar-refractivity contribution in [3.63, 3.8) is 0 Å². The average molecular weight is 343 g/mol. The zero-order chi connectivity index (χ0) is 15.7. The van der Waals surface area contributed by atoms with Crippen molar-refractivity contribution in [1.82, 2.24) is 9.03 Å². The molecule has 2 aliphatic carbocycles. The highest BCUT2D eigenvalue weighted by Gasteiger charge is 2.36. The molecule has 0 unspecified atom stereocenters. The maximum Gasteiger partial charge on any atom is 0.279 e. The van der Waals surface area contributed by atoms with E-state index in [0.29, 0.717) is 5.92 Å². The van der Waals surface area contributed by atoms with E-state index in [2.05, 4.69) is 4.72 Å². The minimum absolute atomic E-state index is 0.0505. The van der Waals surface area contributed by atoms with E-state index in [1.54, 1.807) is 7.05 Å². The van der Waals surface area contributed by atoms with Crippen LogP contribution >= 0.6 is 11.6 Å². The first-order chi connectivity index (χ1) is 10.5. The minimum atomic E-state index is -3.35. The summed E-state index contributed by atoms with van der Waals surface area (Å²) in [4.78, 5) is 0. The summed E-state index contributed by atoms with van der Waals surface area (Å²) in [6.45, 7) is 0. The Kier molecular flexibility index (Phi) is 4.78. The number of nitrogens with one attached hydrogen (secondary N) is 1. The van der Waals surface area contributed by atoms with Crippen LogP contribution in [0.5, 0.6) is 0 Å². The molecule has 122 valence electrons. The van der Waals surface area contributed by atoms with Gasteiger partial charge in [0.05, 0.1) is 0 Å². The molecular weight excluding hydrogens is 320 g/mol. The lowest BCUT2D eigenvalue weighted by Crippen LogP contribution is -2.50. The largest absolute Gasteiger partial charge is 0.279 e. The normalized spacial score (nSPS) is 26.3. The Bertz CT molecular complexity index is 606. The van der Waals surface area contributed by atoms with Gasteiger partial charge in [-0.2, -0.15) is 17.4 Å². The molecule has 22 heavy (non-hydrogen) atoms. The van der Waals surface area contributed by atoms with Crippen molar-refractivity contribution in [2.75, 3.05) is 7.05 Å². The van der Waals surface area contributed by atoms with Crippen LogP contribution in [0.1, 0.15) is 50.0 Å². The molecule has 6 heteroatoms. The van der Waals surface area contributed by atoms with Crippen LogP contribution < -0.4 is 4.72 Å². The Balaban J connectivity index is 1.53. The van der Waals surface area contributed by atoms with Gasteiger partial charge in [-0.15, -0.1) is 0 Å². The third kappa shape index (κ3) is 3.48. The number of hydrogen-bond acceptors (Lipinski definition) is 2. The van der Waals surface area contributed by atoms with Crippen LogP contribution in [0.4, 0.5) is 0 Å². The van der Waals surface area contributed by atoms with E-state index in [0.717, 1.165) is 43.5 Å². The smallest absolute Gasteiger partial charge is 0.199 e. The van der Waals surface area contributed by atoms with Gasteiger partial charge in [0.15, 0.2) is 0 Å². The van der Waals surface area contributed by atoms with Gasteiger partial charge < -0.3 is 0 Å².